The highest BCUT2D eigenvalue weighted by Crippen LogP contribution is 2.46. The van der Waals surface area contributed by atoms with Crippen molar-refractivity contribution < 1.29 is 0 Å². The Morgan fingerprint density at radius 2 is 1.56 bits per heavy atom. The second kappa shape index (κ2) is 4.04. The van der Waals surface area contributed by atoms with Crippen LogP contribution in [0.2, 0.25) is 0 Å². The van der Waals surface area contributed by atoms with Crippen LogP contribution in [0.1, 0.15) is 38.5 Å². The summed E-state index contributed by atoms with van der Waals surface area (Å²) in [6.07, 6.45) is 12.2. The minimum absolute atomic E-state index is 0.686. The Labute approximate surface area is 96.9 Å². The Balaban J connectivity index is 1.66. The molecule has 16 heavy (non-hydrogen) atoms. The molecule has 1 saturated carbocycles. The lowest BCUT2D eigenvalue weighted by molar-refractivity contribution is 0.225. The van der Waals surface area contributed by atoms with Crippen molar-refractivity contribution in [3.8, 4) is 0 Å². The first-order chi connectivity index (χ1) is 7.88. The van der Waals surface area contributed by atoms with Crippen molar-refractivity contribution in [3.63, 3.8) is 0 Å². The second-order valence-corrected chi connectivity index (χ2v) is 5.24. The van der Waals surface area contributed by atoms with Gasteiger partial charge >= 0.3 is 0 Å². The highest BCUT2D eigenvalue weighted by Gasteiger charge is 2.37. The first-order valence-electron chi connectivity index (χ1n) is 6.40. The van der Waals surface area contributed by atoms with Crippen molar-refractivity contribution >= 4 is 5.95 Å². The van der Waals surface area contributed by atoms with E-state index in [1.807, 2.05) is 18.5 Å². The van der Waals surface area contributed by atoms with Gasteiger partial charge in [-0.05, 0) is 37.2 Å². The molecule has 1 aromatic rings. The van der Waals surface area contributed by atoms with E-state index in [1.54, 1.807) is 0 Å². The predicted octanol–water partition coefficient (Wildman–Crippen LogP) is 2.64. The van der Waals surface area contributed by atoms with E-state index in [2.05, 4.69) is 14.9 Å². The van der Waals surface area contributed by atoms with Gasteiger partial charge < -0.3 is 4.90 Å². The molecule has 2 aliphatic rings. The summed E-state index contributed by atoms with van der Waals surface area (Å²) in [5.41, 5.74) is 0.686. The summed E-state index contributed by atoms with van der Waals surface area (Å²) >= 11 is 0. The standard InChI is InChI=1S/C13H19N3/c1-2-5-13(4-1)6-10-16(11-7-13)12-14-8-3-9-15-12/h3,8-9H,1-2,4-7,10-11H2. The highest BCUT2D eigenvalue weighted by atomic mass is 15.2. The predicted molar refractivity (Wildman–Crippen MR) is 64.4 cm³/mol. The molecule has 1 aliphatic carbocycles. The molecule has 0 atom stereocenters. The Kier molecular flexibility index (Phi) is 2.54. The van der Waals surface area contributed by atoms with Crippen LogP contribution in [-0.2, 0) is 0 Å². The molecule has 1 aromatic heterocycles. The van der Waals surface area contributed by atoms with Crippen molar-refractivity contribution in [2.45, 2.75) is 38.5 Å². The number of aromatic nitrogens is 2. The summed E-state index contributed by atoms with van der Waals surface area (Å²) in [5.74, 6) is 0.912. The minimum Gasteiger partial charge on any atom is -0.341 e. The van der Waals surface area contributed by atoms with Gasteiger partial charge in [0.25, 0.3) is 0 Å². The van der Waals surface area contributed by atoms with Crippen LogP contribution in [0.3, 0.4) is 0 Å². The van der Waals surface area contributed by atoms with Gasteiger partial charge in [0.05, 0.1) is 0 Å². The van der Waals surface area contributed by atoms with Crippen LogP contribution in [0, 0.1) is 5.41 Å². The molecule has 0 unspecified atom stereocenters. The van der Waals surface area contributed by atoms with Crippen LogP contribution in [0.4, 0.5) is 5.95 Å². The third-order valence-corrected chi connectivity index (χ3v) is 4.32. The fourth-order valence-corrected chi connectivity index (χ4v) is 3.26. The van der Waals surface area contributed by atoms with Gasteiger partial charge in [0.15, 0.2) is 0 Å². The molecule has 0 amide bonds. The van der Waals surface area contributed by atoms with Gasteiger partial charge in [-0.15, -0.1) is 0 Å². The van der Waals surface area contributed by atoms with Gasteiger partial charge in [-0.1, -0.05) is 12.8 Å². The fraction of sp³-hybridized carbons (Fsp3) is 0.692. The molecule has 2 fully saturated rings. The molecule has 1 saturated heterocycles. The third kappa shape index (κ3) is 1.79. The molecule has 3 heteroatoms. The van der Waals surface area contributed by atoms with E-state index in [0.717, 1.165) is 19.0 Å². The quantitative estimate of drug-likeness (QED) is 0.724. The van der Waals surface area contributed by atoms with Crippen LogP contribution in [0.5, 0.6) is 0 Å². The molecule has 1 spiro atoms. The zero-order valence-electron chi connectivity index (χ0n) is 9.73. The maximum Gasteiger partial charge on any atom is 0.225 e. The topological polar surface area (TPSA) is 29.0 Å². The zero-order chi connectivity index (χ0) is 10.8. The molecule has 86 valence electrons. The lowest BCUT2D eigenvalue weighted by Crippen LogP contribution is -2.39. The Bertz CT molecular complexity index is 333. The van der Waals surface area contributed by atoms with E-state index in [0.29, 0.717) is 5.41 Å². The molecule has 0 bridgehead atoms. The molecular formula is C13H19N3. The molecular weight excluding hydrogens is 198 g/mol. The number of rotatable bonds is 1. The van der Waals surface area contributed by atoms with Crippen molar-refractivity contribution in [1.29, 1.82) is 0 Å². The number of anilines is 1. The van der Waals surface area contributed by atoms with E-state index in [9.17, 15) is 0 Å². The molecule has 0 aromatic carbocycles. The van der Waals surface area contributed by atoms with E-state index in [1.165, 1.54) is 38.5 Å². The molecule has 0 radical (unpaired) electrons. The van der Waals surface area contributed by atoms with Crippen LogP contribution < -0.4 is 4.90 Å². The molecule has 1 aliphatic heterocycles. The van der Waals surface area contributed by atoms with E-state index >= 15 is 0 Å². The van der Waals surface area contributed by atoms with Crippen molar-refractivity contribution in [2.24, 2.45) is 5.41 Å². The molecule has 0 N–H and O–H groups in total. The van der Waals surface area contributed by atoms with Crippen LogP contribution in [-0.4, -0.2) is 23.1 Å². The van der Waals surface area contributed by atoms with Gasteiger partial charge in [-0.25, -0.2) is 9.97 Å². The average Bonchev–Trinajstić information content (AvgIpc) is 2.80. The summed E-state index contributed by atoms with van der Waals surface area (Å²) in [4.78, 5) is 11.0. The Morgan fingerprint density at radius 1 is 0.938 bits per heavy atom. The average molecular weight is 217 g/mol. The fourth-order valence-electron chi connectivity index (χ4n) is 3.26. The normalized spacial score (nSPS) is 23.9. The van der Waals surface area contributed by atoms with Crippen LogP contribution >= 0.6 is 0 Å². The SMILES string of the molecule is c1cnc(N2CCC3(CCCC3)CC2)nc1. The van der Waals surface area contributed by atoms with Crippen LogP contribution in [0.15, 0.2) is 18.5 Å². The second-order valence-electron chi connectivity index (χ2n) is 5.24. The molecule has 2 heterocycles. The summed E-state index contributed by atoms with van der Waals surface area (Å²) in [7, 11) is 0. The van der Waals surface area contributed by atoms with E-state index < -0.39 is 0 Å². The van der Waals surface area contributed by atoms with Crippen molar-refractivity contribution in [3.05, 3.63) is 18.5 Å². The first-order valence-corrected chi connectivity index (χ1v) is 6.40. The minimum atomic E-state index is 0.686. The van der Waals surface area contributed by atoms with Crippen molar-refractivity contribution in [1.82, 2.24) is 9.97 Å². The lowest BCUT2D eigenvalue weighted by atomic mass is 9.77. The van der Waals surface area contributed by atoms with Gasteiger partial charge in [0.2, 0.25) is 5.95 Å². The Morgan fingerprint density at radius 3 is 2.19 bits per heavy atom. The first kappa shape index (κ1) is 10.1. The van der Waals surface area contributed by atoms with Gasteiger partial charge in [-0.2, -0.15) is 0 Å². The lowest BCUT2D eigenvalue weighted by Gasteiger charge is -2.39. The smallest absolute Gasteiger partial charge is 0.225 e. The molecule has 3 nitrogen and oxygen atoms in total. The number of hydrogen-bond donors (Lipinski definition) is 0. The third-order valence-electron chi connectivity index (χ3n) is 4.32. The van der Waals surface area contributed by atoms with Gasteiger partial charge in [-0.3, -0.25) is 0 Å². The van der Waals surface area contributed by atoms with E-state index in [4.69, 9.17) is 0 Å². The molecule has 3 rings (SSSR count). The maximum atomic E-state index is 4.33. The summed E-state index contributed by atoms with van der Waals surface area (Å²) in [6.45, 7) is 2.29. The Hall–Kier alpha value is -1.12. The van der Waals surface area contributed by atoms with Gasteiger partial charge in [0, 0.05) is 25.5 Å². The number of hydrogen-bond acceptors (Lipinski definition) is 3. The van der Waals surface area contributed by atoms with Crippen LogP contribution in [0.25, 0.3) is 0 Å². The summed E-state index contributed by atoms with van der Waals surface area (Å²) < 4.78 is 0. The number of nitrogens with zero attached hydrogens (tertiary/aromatic N) is 3. The largest absolute Gasteiger partial charge is 0.341 e. The van der Waals surface area contributed by atoms with Crippen molar-refractivity contribution in [2.75, 3.05) is 18.0 Å². The van der Waals surface area contributed by atoms with Gasteiger partial charge in [0.1, 0.15) is 0 Å². The zero-order valence-corrected chi connectivity index (χ0v) is 9.73. The highest BCUT2D eigenvalue weighted by molar-refractivity contribution is 5.29. The summed E-state index contributed by atoms with van der Waals surface area (Å²) in [5, 5.41) is 0. The monoisotopic (exact) mass is 217 g/mol. The maximum absolute atomic E-state index is 4.33. The summed E-state index contributed by atoms with van der Waals surface area (Å²) in [6, 6.07) is 1.88. The van der Waals surface area contributed by atoms with E-state index in [-0.39, 0.29) is 0 Å². The number of piperidine rings is 1.